The zero-order valence-corrected chi connectivity index (χ0v) is 14.5. The molecule has 9 nitrogen and oxygen atoms in total. The van der Waals surface area contributed by atoms with Crippen molar-refractivity contribution in [1.82, 2.24) is 30.0 Å². The standard InChI is InChI=1S/C16H21N9/c1-16(2,3)15-23-21-13-7-6-12(24-25(13)15)19-8-4-5-11-10(9-17)14(18)22-20-11/h6-7H,4-5,8H2,1-3H3,(H,19,24)(H3,18,20,22). The molecule has 0 saturated carbocycles. The molecule has 0 amide bonds. The molecule has 3 aromatic heterocycles. The van der Waals surface area contributed by atoms with E-state index in [4.69, 9.17) is 11.0 Å². The molecule has 0 radical (unpaired) electrons. The van der Waals surface area contributed by atoms with Crippen LogP contribution in [0, 0.1) is 11.3 Å². The van der Waals surface area contributed by atoms with Crippen LogP contribution in [0.2, 0.25) is 0 Å². The SMILES string of the molecule is CC(C)(C)c1nnc2ccc(NCCCc3[nH]nc(N)c3C#N)nn12. The largest absolute Gasteiger partial charge is 0.381 e. The van der Waals surface area contributed by atoms with Crippen molar-refractivity contribution in [3.05, 3.63) is 29.2 Å². The summed E-state index contributed by atoms with van der Waals surface area (Å²) in [6.45, 7) is 6.94. The Morgan fingerprint density at radius 1 is 1.32 bits per heavy atom. The number of aromatic amines is 1. The molecule has 0 fully saturated rings. The van der Waals surface area contributed by atoms with Crippen LogP contribution in [0.5, 0.6) is 0 Å². The van der Waals surface area contributed by atoms with E-state index in [2.05, 4.69) is 57.7 Å². The van der Waals surface area contributed by atoms with Gasteiger partial charge in [-0.3, -0.25) is 5.10 Å². The maximum absolute atomic E-state index is 9.06. The van der Waals surface area contributed by atoms with Crippen LogP contribution in [0.4, 0.5) is 11.6 Å². The topological polar surface area (TPSA) is 134 Å². The van der Waals surface area contributed by atoms with Crippen LogP contribution in [0.1, 0.15) is 44.3 Å². The molecular weight excluding hydrogens is 318 g/mol. The summed E-state index contributed by atoms with van der Waals surface area (Å²) in [6, 6.07) is 5.84. The van der Waals surface area contributed by atoms with E-state index in [-0.39, 0.29) is 11.2 Å². The summed E-state index contributed by atoms with van der Waals surface area (Å²) in [5.74, 6) is 1.82. The monoisotopic (exact) mass is 339 g/mol. The van der Waals surface area contributed by atoms with Gasteiger partial charge in [0.15, 0.2) is 17.3 Å². The van der Waals surface area contributed by atoms with Crippen LogP contribution in [0.3, 0.4) is 0 Å². The number of nitrogens with zero attached hydrogens (tertiary/aromatic N) is 6. The number of nitrogens with one attached hydrogen (secondary N) is 2. The molecule has 0 unspecified atom stereocenters. The van der Waals surface area contributed by atoms with E-state index < -0.39 is 0 Å². The molecule has 3 rings (SSSR count). The van der Waals surface area contributed by atoms with Crippen molar-refractivity contribution in [2.24, 2.45) is 0 Å². The van der Waals surface area contributed by atoms with Gasteiger partial charge < -0.3 is 11.1 Å². The summed E-state index contributed by atoms with van der Waals surface area (Å²) < 4.78 is 1.77. The quantitative estimate of drug-likeness (QED) is 0.602. The molecule has 0 bridgehead atoms. The number of rotatable bonds is 5. The summed E-state index contributed by atoms with van der Waals surface area (Å²) >= 11 is 0. The van der Waals surface area contributed by atoms with Crippen molar-refractivity contribution in [3.8, 4) is 6.07 Å². The minimum atomic E-state index is -0.140. The number of hydrogen-bond acceptors (Lipinski definition) is 7. The van der Waals surface area contributed by atoms with E-state index in [1.54, 1.807) is 4.52 Å². The summed E-state index contributed by atoms with van der Waals surface area (Å²) in [6.07, 6.45) is 1.49. The second kappa shape index (κ2) is 6.39. The minimum absolute atomic E-state index is 0.140. The van der Waals surface area contributed by atoms with E-state index in [1.165, 1.54) is 0 Å². The van der Waals surface area contributed by atoms with Gasteiger partial charge in [-0.15, -0.1) is 15.3 Å². The molecule has 4 N–H and O–H groups in total. The van der Waals surface area contributed by atoms with Crippen molar-refractivity contribution in [2.75, 3.05) is 17.6 Å². The van der Waals surface area contributed by atoms with Crippen LogP contribution >= 0.6 is 0 Å². The maximum Gasteiger partial charge on any atom is 0.178 e. The van der Waals surface area contributed by atoms with E-state index in [1.807, 2.05) is 12.1 Å². The number of aromatic nitrogens is 6. The lowest BCUT2D eigenvalue weighted by Crippen LogP contribution is -2.17. The van der Waals surface area contributed by atoms with E-state index in [0.717, 1.165) is 29.4 Å². The Hall–Kier alpha value is -3.15. The lowest BCUT2D eigenvalue weighted by Gasteiger charge is -2.15. The van der Waals surface area contributed by atoms with Gasteiger partial charge in [-0.2, -0.15) is 14.9 Å². The second-order valence-corrected chi connectivity index (χ2v) is 6.87. The van der Waals surface area contributed by atoms with Gasteiger partial charge in [0.25, 0.3) is 0 Å². The van der Waals surface area contributed by atoms with Crippen molar-refractivity contribution >= 4 is 17.3 Å². The van der Waals surface area contributed by atoms with E-state index in [0.29, 0.717) is 18.5 Å². The minimum Gasteiger partial charge on any atom is -0.381 e. The Labute approximate surface area is 145 Å². The number of nitrogen functional groups attached to an aromatic ring is 1. The Morgan fingerprint density at radius 2 is 2.12 bits per heavy atom. The lowest BCUT2D eigenvalue weighted by molar-refractivity contribution is 0.527. The molecule has 25 heavy (non-hydrogen) atoms. The highest BCUT2D eigenvalue weighted by molar-refractivity contribution is 5.51. The van der Waals surface area contributed by atoms with Crippen molar-refractivity contribution in [1.29, 1.82) is 5.26 Å². The fraction of sp³-hybridized carbons (Fsp3) is 0.438. The number of fused-ring (bicyclic) bond motifs is 1. The summed E-state index contributed by atoms with van der Waals surface area (Å²) in [5.41, 5.74) is 7.41. The molecule has 130 valence electrons. The molecule has 0 aliphatic heterocycles. The average Bonchev–Trinajstić information content (AvgIpc) is 3.14. The van der Waals surface area contributed by atoms with Crippen molar-refractivity contribution in [3.63, 3.8) is 0 Å². The first kappa shape index (κ1) is 16.7. The maximum atomic E-state index is 9.06. The van der Waals surface area contributed by atoms with Gasteiger partial charge in [0.1, 0.15) is 17.5 Å². The van der Waals surface area contributed by atoms with Crippen LogP contribution in [-0.4, -0.2) is 36.6 Å². The van der Waals surface area contributed by atoms with Crippen LogP contribution < -0.4 is 11.1 Å². The van der Waals surface area contributed by atoms with Crippen molar-refractivity contribution in [2.45, 2.75) is 39.0 Å². The Bertz CT molecular complexity index is 923. The van der Waals surface area contributed by atoms with Gasteiger partial charge in [-0.1, -0.05) is 20.8 Å². The van der Waals surface area contributed by atoms with Gasteiger partial charge in [0.05, 0.1) is 5.69 Å². The Morgan fingerprint density at radius 3 is 2.84 bits per heavy atom. The van der Waals surface area contributed by atoms with Gasteiger partial charge in [0.2, 0.25) is 0 Å². The molecular formula is C16H21N9. The Balaban J connectivity index is 1.64. The second-order valence-electron chi connectivity index (χ2n) is 6.87. The molecule has 0 atom stereocenters. The highest BCUT2D eigenvalue weighted by Crippen LogP contribution is 2.20. The molecule has 0 spiro atoms. The van der Waals surface area contributed by atoms with Crippen LogP contribution in [-0.2, 0) is 11.8 Å². The zero-order chi connectivity index (χ0) is 18.0. The number of hydrogen-bond donors (Lipinski definition) is 3. The molecule has 3 heterocycles. The third kappa shape index (κ3) is 3.38. The summed E-state index contributed by atoms with van der Waals surface area (Å²) in [7, 11) is 0. The first-order valence-electron chi connectivity index (χ1n) is 8.10. The molecule has 0 aromatic carbocycles. The number of anilines is 2. The molecule has 3 aromatic rings. The molecule has 0 aliphatic carbocycles. The third-order valence-corrected chi connectivity index (χ3v) is 3.82. The third-order valence-electron chi connectivity index (χ3n) is 3.82. The Kier molecular flexibility index (Phi) is 4.27. The fourth-order valence-electron chi connectivity index (χ4n) is 2.53. The summed E-state index contributed by atoms with van der Waals surface area (Å²) in [5, 5.41) is 32.0. The highest BCUT2D eigenvalue weighted by atomic mass is 15.4. The van der Waals surface area contributed by atoms with Gasteiger partial charge >= 0.3 is 0 Å². The molecule has 9 heteroatoms. The fourth-order valence-corrected chi connectivity index (χ4v) is 2.53. The zero-order valence-electron chi connectivity index (χ0n) is 14.5. The molecule has 0 saturated heterocycles. The van der Waals surface area contributed by atoms with Crippen molar-refractivity contribution < 1.29 is 0 Å². The lowest BCUT2D eigenvalue weighted by atomic mass is 9.96. The number of aryl methyl sites for hydroxylation is 1. The average molecular weight is 339 g/mol. The normalized spacial score (nSPS) is 11.6. The van der Waals surface area contributed by atoms with E-state index >= 15 is 0 Å². The summed E-state index contributed by atoms with van der Waals surface area (Å²) in [4.78, 5) is 0. The first-order chi connectivity index (χ1) is 11.9. The van der Waals surface area contributed by atoms with Crippen LogP contribution in [0.15, 0.2) is 12.1 Å². The van der Waals surface area contributed by atoms with Gasteiger partial charge in [-0.05, 0) is 25.0 Å². The predicted octanol–water partition coefficient (Wildman–Crippen LogP) is 1.64. The first-order valence-corrected chi connectivity index (χ1v) is 8.10. The molecule has 0 aliphatic rings. The van der Waals surface area contributed by atoms with E-state index in [9.17, 15) is 0 Å². The smallest absolute Gasteiger partial charge is 0.178 e. The number of nitriles is 1. The predicted molar refractivity (Wildman–Crippen MR) is 94.0 cm³/mol. The number of H-pyrrole nitrogens is 1. The highest BCUT2D eigenvalue weighted by Gasteiger charge is 2.21. The van der Waals surface area contributed by atoms with Crippen LogP contribution in [0.25, 0.3) is 5.65 Å². The van der Waals surface area contributed by atoms with Gasteiger partial charge in [-0.25, -0.2) is 0 Å². The number of nitrogens with two attached hydrogens (primary N) is 1. The van der Waals surface area contributed by atoms with Gasteiger partial charge in [0, 0.05) is 12.0 Å².